The molecule has 2 amide bonds. The number of nitrogens with zero attached hydrogens (tertiary/aromatic N) is 18. The number of benzene rings is 2. The van der Waals surface area contributed by atoms with Crippen molar-refractivity contribution in [3.8, 4) is 11.5 Å². The van der Waals surface area contributed by atoms with E-state index >= 15 is 0 Å². The topological polar surface area (TPSA) is 361 Å². The Morgan fingerprint density at radius 1 is 0.556 bits per heavy atom. The van der Waals surface area contributed by atoms with Crippen LogP contribution in [0.2, 0.25) is 0 Å². The van der Waals surface area contributed by atoms with Gasteiger partial charge in [-0.05, 0) is 72.9 Å². The number of primary amides is 1. The number of phenolic OH excluding ortho intramolecular Hbond substituents is 2. The van der Waals surface area contributed by atoms with E-state index in [4.69, 9.17) is 23.1 Å². The van der Waals surface area contributed by atoms with E-state index in [1.165, 1.54) is 28.1 Å². The fourth-order valence-corrected chi connectivity index (χ4v) is 9.86. The molecular formula is C52H66N20O8S. The van der Waals surface area contributed by atoms with E-state index in [1.807, 2.05) is 26.0 Å². The molecule has 0 aliphatic heterocycles. The quantitative estimate of drug-likeness (QED) is 0.0284. The normalized spacial score (nSPS) is 14.3. The zero-order chi connectivity index (χ0) is 57.9. The van der Waals surface area contributed by atoms with Crippen molar-refractivity contribution in [1.29, 1.82) is 0 Å². The summed E-state index contributed by atoms with van der Waals surface area (Å²) in [7, 11) is 1.30. The first-order valence-corrected chi connectivity index (χ1v) is 27.0. The number of carbonyl (C=O) groups is 4. The van der Waals surface area contributed by atoms with Gasteiger partial charge in [0.15, 0.2) is 6.04 Å². The molecule has 0 saturated heterocycles. The van der Waals surface area contributed by atoms with Gasteiger partial charge in [-0.25, -0.2) is 32.9 Å². The third-order valence-corrected chi connectivity index (χ3v) is 13.9. The molecule has 0 aliphatic rings. The van der Waals surface area contributed by atoms with E-state index in [0.717, 1.165) is 11.1 Å². The second kappa shape index (κ2) is 26.4. The van der Waals surface area contributed by atoms with Gasteiger partial charge in [0.05, 0.1) is 62.4 Å². The number of nitrogens with two attached hydrogens (primary N) is 1. The number of nitrogens with one attached hydrogen (secondary N) is 1. The highest BCUT2D eigenvalue weighted by molar-refractivity contribution is 7.80. The van der Waals surface area contributed by atoms with Gasteiger partial charge in [0.25, 0.3) is 0 Å². The van der Waals surface area contributed by atoms with Gasteiger partial charge in [-0.2, -0.15) is 12.6 Å². The fraction of sp³-hybridized carbons (Fsp3) is 0.462. The summed E-state index contributed by atoms with van der Waals surface area (Å²) in [6, 6.07) is 9.10. The molecule has 0 bridgehead atoms. The van der Waals surface area contributed by atoms with Gasteiger partial charge >= 0.3 is 11.9 Å². The number of methoxy groups -OCH3 is 1. The second-order valence-corrected chi connectivity index (χ2v) is 21.1. The molecule has 6 N–H and O–H groups in total. The lowest BCUT2D eigenvalue weighted by atomic mass is 10.0. The molecule has 8 aromatic rings. The maximum Gasteiger partial charge on any atom is 0.330 e. The van der Waals surface area contributed by atoms with Gasteiger partial charge in [-0.3, -0.25) is 14.4 Å². The predicted molar refractivity (Wildman–Crippen MR) is 290 cm³/mol. The molecule has 29 heteroatoms. The molecule has 0 fully saturated rings. The zero-order valence-corrected chi connectivity index (χ0v) is 46.5. The van der Waals surface area contributed by atoms with Crippen LogP contribution in [0.1, 0.15) is 161 Å². The molecule has 0 saturated carbocycles. The van der Waals surface area contributed by atoms with Crippen LogP contribution in [0.5, 0.6) is 11.5 Å². The highest BCUT2D eigenvalue weighted by atomic mass is 32.1. The van der Waals surface area contributed by atoms with Crippen LogP contribution in [0.4, 0.5) is 0 Å². The number of carboxylic acids is 1. The first-order chi connectivity index (χ1) is 38.8. The van der Waals surface area contributed by atoms with E-state index in [-0.39, 0.29) is 66.7 Å². The van der Waals surface area contributed by atoms with Gasteiger partial charge in [0.2, 0.25) is 11.8 Å². The Morgan fingerprint density at radius 3 is 1.33 bits per heavy atom. The van der Waals surface area contributed by atoms with Gasteiger partial charge < -0.3 is 31.1 Å². The maximum atomic E-state index is 12.8. The van der Waals surface area contributed by atoms with Crippen molar-refractivity contribution >= 4 is 36.4 Å². The number of hydrogen-bond donors (Lipinski definition) is 6. The van der Waals surface area contributed by atoms with Gasteiger partial charge in [-0.1, -0.05) is 83.2 Å². The molecule has 428 valence electrons. The van der Waals surface area contributed by atoms with E-state index in [2.05, 4.69) is 81.0 Å². The lowest BCUT2D eigenvalue weighted by Crippen LogP contribution is -2.27. The van der Waals surface area contributed by atoms with Gasteiger partial charge in [0.1, 0.15) is 63.8 Å². The van der Waals surface area contributed by atoms with Gasteiger partial charge in [0, 0.05) is 38.4 Å². The lowest BCUT2D eigenvalue weighted by molar-refractivity contribution is -0.145. The summed E-state index contributed by atoms with van der Waals surface area (Å²) in [5.41, 5.74) is 10.0. The highest BCUT2D eigenvalue weighted by Gasteiger charge is 2.32. The summed E-state index contributed by atoms with van der Waals surface area (Å²) in [5, 5.41) is 87.2. The van der Waals surface area contributed by atoms with Crippen LogP contribution in [0, 0.1) is 11.8 Å². The summed E-state index contributed by atoms with van der Waals surface area (Å²) in [6.07, 6.45) is 11.9. The number of ether oxygens (including phenoxy) is 1. The summed E-state index contributed by atoms with van der Waals surface area (Å²) in [4.78, 5) is 49.3. The number of rotatable bonds is 29. The predicted octanol–water partition coefficient (Wildman–Crippen LogP) is 4.12. The molecule has 6 aromatic heterocycles. The second-order valence-electron chi connectivity index (χ2n) is 20.7. The van der Waals surface area contributed by atoms with E-state index in [0.29, 0.717) is 59.8 Å². The van der Waals surface area contributed by atoms with Crippen LogP contribution in [0.3, 0.4) is 0 Å². The van der Waals surface area contributed by atoms with Crippen molar-refractivity contribution in [3.63, 3.8) is 0 Å². The Labute approximate surface area is 470 Å². The Bertz CT molecular complexity index is 3360. The molecule has 0 radical (unpaired) electrons. The van der Waals surface area contributed by atoms with Crippen LogP contribution in [0.25, 0.3) is 0 Å². The van der Waals surface area contributed by atoms with Crippen molar-refractivity contribution < 1.29 is 39.2 Å². The van der Waals surface area contributed by atoms with Crippen LogP contribution >= 0.6 is 12.6 Å². The third-order valence-electron chi connectivity index (χ3n) is 13.6. The minimum atomic E-state index is -1.06. The Balaban J connectivity index is 1.10. The molecule has 81 heavy (non-hydrogen) atoms. The highest BCUT2D eigenvalue weighted by Crippen LogP contribution is 2.32. The van der Waals surface area contributed by atoms with E-state index < -0.39 is 54.1 Å². The number of amides is 2. The molecule has 7 atom stereocenters. The molecule has 6 heterocycles. The lowest BCUT2D eigenvalue weighted by Gasteiger charge is -2.18. The van der Waals surface area contributed by atoms with Crippen LogP contribution < -0.4 is 11.1 Å². The molecular weight excluding hydrogens is 1060 g/mol. The largest absolute Gasteiger partial charge is 0.508 e. The monoisotopic (exact) mass is 1130 g/mol. The number of aliphatic carboxylic acids is 1. The molecule has 28 nitrogen and oxygen atoms in total. The smallest absolute Gasteiger partial charge is 0.330 e. The number of aromatic hydroxyl groups is 2. The molecule has 8 rings (SSSR count). The van der Waals surface area contributed by atoms with Crippen LogP contribution in [-0.2, 0) is 36.8 Å². The Kier molecular flexibility index (Phi) is 19.0. The van der Waals surface area contributed by atoms with Crippen molar-refractivity contribution in [2.75, 3.05) is 12.9 Å². The summed E-state index contributed by atoms with van der Waals surface area (Å²) in [6.45, 7) is 9.52. The average molecular weight is 1130 g/mol. The first-order valence-electron chi connectivity index (χ1n) is 26.4. The molecule has 0 unspecified atom stereocenters. The standard InChI is InChI=1S/C52H66N20O8S/c1-30(2)19-37(54-32(5)73)38-23-69(61-55-38)46(21-33-7-11-35(74)12-8-33)42-27-72(66-59-42)49(29-81)43-28-70(64-60-43)47(22-34-9-13-36(75)14-10-34)41-26-68(63-58-41)45(16-18-51(77)78)39-24-67(62-56-39)44(15-17-50(53)76)40-25-71(65-57-40)48(20-31(3)4)52(79)80-6/h7-14,23-28,30-31,37,44-49,74-75,81H,15-22,29H2,1-6H3,(H2,53,76)(H,54,73)(H,77,78)/t37-,44-,45-,46-,47-,48-,49-/m0/s1. The number of carbonyl (C=O) groups excluding carboxylic acids is 3. The van der Waals surface area contributed by atoms with Crippen molar-refractivity contribution in [2.24, 2.45) is 17.6 Å². The van der Waals surface area contributed by atoms with Crippen LogP contribution in [0.15, 0.2) is 85.7 Å². The number of thiol groups is 1. The van der Waals surface area contributed by atoms with Crippen molar-refractivity contribution in [3.05, 3.63) is 131 Å². The number of phenols is 2. The van der Waals surface area contributed by atoms with Crippen molar-refractivity contribution in [1.82, 2.24) is 95.3 Å². The van der Waals surface area contributed by atoms with Crippen LogP contribution in [-0.4, -0.2) is 142 Å². The van der Waals surface area contributed by atoms with E-state index in [1.54, 1.807) is 87.6 Å². The molecule has 0 spiro atoms. The summed E-state index contributed by atoms with van der Waals surface area (Å²) < 4.78 is 14.5. The summed E-state index contributed by atoms with van der Waals surface area (Å²) in [5.74, 6) is -1.50. The maximum absolute atomic E-state index is 12.8. The Morgan fingerprint density at radius 2 is 0.926 bits per heavy atom. The first kappa shape index (κ1) is 58.3. The third kappa shape index (κ3) is 14.9. The SMILES string of the molecule is COC(=O)[C@H](CC(C)C)n1cc([C@H](CCC(N)=O)n2cc([C@H](CCC(=O)O)n3cc([C@H](Cc4ccc(O)cc4)n4cc([C@H](CS)n5cc([C@H](Cc6ccc(O)cc6)n6cc([C@H](CC(C)C)NC(C)=O)nn6)nn5)nn4)nn3)nn2)nn1. The summed E-state index contributed by atoms with van der Waals surface area (Å²) >= 11 is 4.74. The van der Waals surface area contributed by atoms with Gasteiger partial charge in [-0.15, -0.1) is 30.6 Å². The Hall–Kier alpha value is -8.89. The number of carboxylic acid groups (broad SMARTS) is 1. The minimum Gasteiger partial charge on any atom is -0.508 e. The zero-order valence-electron chi connectivity index (χ0n) is 45.6. The van der Waals surface area contributed by atoms with E-state index in [9.17, 15) is 34.5 Å². The average Bonchev–Trinajstić information content (AvgIpc) is 4.52. The fourth-order valence-electron chi connectivity index (χ4n) is 9.51. The minimum absolute atomic E-state index is 0.0260. The number of aromatic nitrogens is 18. The number of esters is 1. The number of hydrogen-bond acceptors (Lipinski definition) is 20. The molecule has 0 aliphatic carbocycles. The van der Waals surface area contributed by atoms with Crippen molar-refractivity contribution in [2.45, 2.75) is 128 Å². The molecule has 2 aromatic carbocycles.